The highest BCUT2D eigenvalue weighted by Gasteiger charge is 2.34. The topological polar surface area (TPSA) is 47.0 Å². The Hall–Kier alpha value is -2.31. The van der Waals surface area contributed by atoms with Crippen LogP contribution in [0.15, 0.2) is 24.3 Å². The lowest BCUT2D eigenvalue weighted by Gasteiger charge is -2.12. The van der Waals surface area contributed by atoms with Crippen molar-refractivity contribution in [2.24, 2.45) is 0 Å². The molecule has 1 heterocycles. The number of ether oxygens (including phenoxy) is 1. The van der Waals surface area contributed by atoms with Gasteiger partial charge >= 0.3 is 6.18 Å². The van der Waals surface area contributed by atoms with Gasteiger partial charge in [-0.25, -0.2) is 4.98 Å². The first kappa shape index (κ1) is 15.1. The van der Waals surface area contributed by atoms with Crippen molar-refractivity contribution >= 4 is 5.95 Å². The van der Waals surface area contributed by atoms with E-state index in [-0.39, 0.29) is 11.8 Å². The minimum absolute atomic E-state index is 0.148. The number of rotatable bonds is 3. The second-order valence-corrected chi connectivity index (χ2v) is 4.46. The summed E-state index contributed by atoms with van der Waals surface area (Å²) in [6.45, 7) is 3.72. The van der Waals surface area contributed by atoms with Crippen LogP contribution in [-0.2, 0) is 6.18 Å². The van der Waals surface area contributed by atoms with Gasteiger partial charge in [-0.15, -0.1) is 0 Å². The Morgan fingerprint density at radius 2 is 1.86 bits per heavy atom. The number of aromatic nitrogens is 2. The molecule has 0 aliphatic rings. The molecule has 1 aromatic carbocycles. The molecule has 7 heteroatoms. The number of benzene rings is 1. The third kappa shape index (κ3) is 3.42. The first-order valence-corrected chi connectivity index (χ1v) is 6.19. The van der Waals surface area contributed by atoms with E-state index in [2.05, 4.69) is 15.3 Å². The average molecular weight is 297 g/mol. The van der Waals surface area contributed by atoms with Crippen molar-refractivity contribution in [2.45, 2.75) is 20.0 Å². The van der Waals surface area contributed by atoms with Crippen LogP contribution in [0.2, 0.25) is 0 Å². The minimum Gasteiger partial charge on any atom is -0.439 e. The fraction of sp³-hybridized carbons (Fsp3) is 0.286. The molecule has 0 unspecified atom stereocenters. The highest BCUT2D eigenvalue weighted by molar-refractivity contribution is 5.41. The first-order chi connectivity index (χ1) is 9.81. The second kappa shape index (κ2) is 5.59. The highest BCUT2D eigenvalue weighted by Crippen LogP contribution is 2.32. The minimum atomic E-state index is -4.56. The van der Waals surface area contributed by atoms with Crippen molar-refractivity contribution in [1.82, 2.24) is 9.97 Å². The molecule has 2 aromatic rings. The Morgan fingerprint density at radius 1 is 1.14 bits per heavy atom. The maximum absolute atomic E-state index is 12.8. The molecule has 0 atom stereocenters. The molecule has 1 N–H and O–H groups in total. The normalized spacial score (nSPS) is 11.3. The molecule has 0 aliphatic carbocycles. The zero-order valence-corrected chi connectivity index (χ0v) is 11.7. The van der Waals surface area contributed by atoms with Crippen LogP contribution < -0.4 is 10.1 Å². The predicted octanol–water partition coefficient (Wildman–Crippen LogP) is 3.95. The van der Waals surface area contributed by atoms with Crippen LogP contribution in [0.25, 0.3) is 0 Å². The van der Waals surface area contributed by atoms with Crippen molar-refractivity contribution in [3.8, 4) is 11.6 Å². The Kier molecular flexibility index (Phi) is 4.02. The van der Waals surface area contributed by atoms with E-state index in [1.54, 1.807) is 12.1 Å². The summed E-state index contributed by atoms with van der Waals surface area (Å²) in [4.78, 5) is 7.26. The quantitative estimate of drug-likeness (QED) is 0.932. The zero-order chi connectivity index (χ0) is 15.6. The molecule has 0 saturated carbocycles. The third-order valence-corrected chi connectivity index (χ3v) is 2.99. The lowest BCUT2D eigenvalue weighted by atomic mass is 10.1. The number of hydrogen-bond donors (Lipinski definition) is 1. The van der Waals surface area contributed by atoms with Gasteiger partial charge in [-0.3, -0.25) is 0 Å². The van der Waals surface area contributed by atoms with Crippen LogP contribution in [0.5, 0.6) is 11.6 Å². The summed E-state index contributed by atoms with van der Waals surface area (Å²) in [7, 11) is 1.44. The van der Waals surface area contributed by atoms with Gasteiger partial charge in [-0.05, 0) is 31.0 Å². The maximum Gasteiger partial charge on any atom is 0.433 e. The molecular weight excluding hydrogens is 283 g/mol. The summed E-state index contributed by atoms with van der Waals surface area (Å²) in [5.41, 5.74) is 0.768. The fourth-order valence-electron chi connectivity index (χ4n) is 1.68. The number of alkyl halides is 3. The van der Waals surface area contributed by atoms with Gasteiger partial charge in [0.05, 0.1) is 0 Å². The van der Waals surface area contributed by atoms with Gasteiger partial charge in [0.2, 0.25) is 11.8 Å². The third-order valence-electron chi connectivity index (χ3n) is 2.99. The molecule has 0 aliphatic heterocycles. The molecule has 0 saturated heterocycles. The Bertz CT molecular complexity index is 656. The van der Waals surface area contributed by atoms with E-state index in [1.165, 1.54) is 7.05 Å². The van der Waals surface area contributed by atoms with Gasteiger partial charge < -0.3 is 10.1 Å². The molecule has 0 spiro atoms. The molecule has 0 radical (unpaired) electrons. The molecule has 21 heavy (non-hydrogen) atoms. The summed E-state index contributed by atoms with van der Waals surface area (Å²) in [6.07, 6.45) is -4.56. The SMILES string of the molecule is CNc1nc(Oc2cccc(C)c2C)cc(C(F)(F)F)n1. The Morgan fingerprint density at radius 3 is 2.48 bits per heavy atom. The zero-order valence-electron chi connectivity index (χ0n) is 11.7. The standard InChI is InChI=1S/C14H14F3N3O/c1-8-5-4-6-10(9(8)2)21-12-7-11(14(15,16)17)19-13(18-3)20-12/h4-7H,1-3H3,(H,18,19,20). The largest absolute Gasteiger partial charge is 0.439 e. The fourth-order valence-corrected chi connectivity index (χ4v) is 1.68. The number of hydrogen-bond acceptors (Lipinski definition) is 4. The van der Waals surface area contributed by atoms with Gasteiger partial charge in [0, 0.05) is 13.1 Å². The van der Waals surface area contributed by atoms with Crippen molar-refractivity contribution in [3.63, 3.8) is 0 Å². The summed E-state index contributed by atoms with van der Waals surface area (Å²) < 4.78 is 43.9. The molecular formula is C14H14F3N3O. The number of nitrogens with one attached hydrogen (secondary N) is 1. The summed E-state index contributed by atoms with van der Waals surface area (Å²) >= 11 is 0. The second-order valence-electron chi connectivity index (χ2n) is 4.46. The van der Waals surface area contributed by atoms with Crippen LogP contribution in [0.1, 0.15) is 16.8 Å². The van der Waals surface area contributed by atoms with Crippen molar-refractivity contribution in [1.29, 1.82) is 0 Å². The van der Waals surface area contributed by atoms with E-state index in [0.717, 1.165) is 17.2 Å². The molecule has 0 fully saturated rings. The first-order valence-electron chi connectivity index (χ1n) is 6.19. The van der Waals surface area contributed by atoms with E-state index in [9.17, 15) is 13.2 Å². The van der Waals surface area contributed by atoms with Crippen LogP contribution in [0.3, 0.4) is 0 Å². The lowest BCUT2D eigenvalue weighted by Crippen LogP contribution is -2.11. The van der Waals surface area contributed by atoms with Crippen molar-refractivity contribution in [2.75, 3.05) is 12.4 Å². The molecule has 2 rings (SSSR count). The van der Waals surface area contributed by atoms with E-state index < -0.39 is 11.9 Å². The van der Waals surface area contributed by atoms with Crippen molar-refractivity contribution in [3.05, 3.63) is 41.1 Å². The molecule has 1 aromatic heterocycles. The summed E-state index contributed by atoms with van der Waals surface area (Å²) in [6, 6.07) is 6.12. The van der Waals surface area contributed by atoms with E-state index >= 15 is 0 Å². The van der Waals surface area contributed by atoms with E-state index in [1.807, 2.05) is 19.9 Å². The number of anilines is 1. The number of nitrogens with zero attached hydrogens (tertiary/aromatic N) is 2. The smallest absolute Gasteiger partial charge is 0.433 e. The molecule has 112 valence electrons. The number of halogens is 3. The number of aryl methyl sites for hydroxylation is 1. The summed E-state index contributed by atoms with van der Waals surface area (Å²) in [5, 5.41) is 2.49. The van der Waals surface area contributed by atoms with E-state index in [4.69, 9.17) is 4.74 Å². The molecule has 0 amide bonds. The van der Waals surface area contributed by atoms with Crippen LogP contribution in [0, 0.1) is 13.8 Å². The van der Waals surface area contributed by atoms with Gasteiger partial charge in [0.25, 0.3) is 0 Å². The van der Waals surface area contributed by atoms with Gasteiger partial charge in [-0.1, -0.05) is 12.1 Å². The van der Waals surface area contributed by atoms with Crippen molar-refractivity contribution < 1.29 is 17.9 Å². The van der Waals surface area contributed by atoms with Crippen LogP contribution in [0.4, 0.5) is 19.1 Å². The van der Waals surface area contributed by atoms with Gasteiger partial charge in [0.15, 0.2) is 5.69 Å². The predicted molar refractivity (Wildman–Crippen MR) is 72.6 cm³/mol. The summed E-state index contributed by atoms with van der Waals surface area (Å²) in [5.74, 6) is 0.157. The van der Waals surface area contributed by atoms with Crippen LogP contribution in [-0.4, -0.2) is 17.0 Å². The maximum atomic E-state index is 12.8. The average Bonchev–Trinajstić information content (AvgIpc) is 2.42. The monoisotopic (exact) mass is 297 g/mol. The Balaban J connectivity index is 2.42. The highest BCUT2D eigenvalue weighted by atomic mass is 19.4. The van der Waals surface area contributed by atoms with Gasteiger partial charge in [0.1, 0.15) is 5.75 Å². The molecule has 4 nitrogen and oxygen atoms in total. The van der Waals surface area contributed by atoms with Crippen LogP contribution >= 0.6 is 0 Å². The lowest BCUT2D eigenvalue weighted by molar-refractivity contribution is -0.141. The molecule has 0 bridgehead atoms. The van der Waals surface area contributed by atoms with Gasteiger partial charge in [-0.2, -0.15) is 18.2 Å². The Labute approximate surface area is 120 Å². The van der Waals surface area contributed by atoms with E-state index in [0.29, 0.717) is 5.75 Å².